The Balaban J connectivity index is 0. The summed E-state index contributed by atoms with van der Waals surface area (Å²) in [6, 6.07) is 0. The van der Waals surface area contributed by atoms with E-state index in [0.717, 1.165) is 25.7 Å². The van der Waals surface area contributed by atoms with E-state index in [4.69, 9.17) is 15.3 Å². The van der Waals surface area contributed by atoms with Crippen LogP contribution in [0.15, 0.2) is 0 Å². The molecule has 194 valence electrons. The van der Waals surface area contributed by atoms with E-state index in [1.54, 1.807) is 0 Å². The second-order valence-corrected chi connectivity index (χ2v) is 9.44. The summed E-state index contributed by atoms with van der Waals surface area (Å²) in [6.07, 6.45) is 24.5. The fourth-order valence-corrected chi connectivity index (χ4v) is 3.74. The minimum Gasteiger partial charge on any atom is -0.481 e. The van der Waals surface area contributed by atoms with Crippen LogP contribution in [0.2, 0.25) is 0 Å². The van der Waals surface area contributed by atoms with Crippen LogP contribution in [0.25, 0.3) is 0 Å². The van der Waals surface area contributed by atoms with Crippen LogP contribution in [0, 0.1) is 0 Å². The molecule has 0 radical (unpaired) electrons. The molecule has 0 rings (SSSR count). The highest BCUT2D eigenvalue weighted by Gasteiger charge is 2.23. The highest BCUT2D eigenvalue weighted by molar-refractivity contribution is 5.66. The number of carboxylic acids is 1. The van der Waals surface area contributed by atoms with E-state index in [-0.39, 0.29) is 13.2 Å². The first-order valence-corrected chi connectivity index (χ1v) is 13.6. The van der Waals surface area contributed by atoms with Crippen molar-refractivity contribution in [2.75, 3.05) is 13.2 Å². The predicted octanol–water partition coefficient (Wildman–Crippen LogP) is 7.01. The minimum absolute atomic E-state index is 0.343. The first-order valence-electron chi connectivity index (χ1n) is 13.6. The molecule has 0 atom stereocenters. The molecule has 5 heteroatoms. The number of carboxylic acid groups (broad SMARTS) is 1. The summed E-state index contributed by atoms with van der Waals surface area (Å²) in [4.78, 5) is 10.2. The third-order valence-corrected chi connectivity index (χ3v) is 6.08. The van der Waals surface area contributed by atoms with Crippen molar-refractivity contribution in [2.24, 2.45) is 0 Å². The van der Waals surface area contributed by atoms with Gasteiger partial charge in [-0.2, -0.15) is 0 Å². The molecule has 0 aliphatic heterocycles. The zero-order chi connectivity index (χ0) is 24.3. The number of aliphatic hydroxyl groups excluding tert-OH is 2. The van der Waals surface area contributed by atoms with Crippen LogP contribution in [0.5, 0.6) is 0 Å². The Morgan fingerprint density at radius 2 is 0.875 bits per heavy atom. The molecule has 0 amide bonds. The van der Waals surface area contributed by atoms with Crippen molar-refractivity contribution in [3.63, 3.8) is 0 Å². The van der Waals surface area contributed by atoms with Crippen molar-refractivity contribution in [3.8, 4) is 0 Å². The Morgan fingerprint density at radius 3 is 1.19 bits per heavy atom. The van der Waals surface area contributed by atoms with Gasteiger partial charge in [-0.25, -0.2) is 0 Å². The van der Waals surface area contributed by atoms with E-state index >= 15 is 0 Å². The summed E-state index contributed by atoms with van der Waals surface area (Å²) in [7, 11) is 0. The normalized spacial score (nSPS) is 11.3. The number of carbonyl (C=O) groups is 1. The molecule has 0 unspecified atom stereocenters. The molecule has 5 nitrogen and oxygen atoms in total. The number of hydrogen-bond acceptors (Lipinski definition) is 4. The Labute approximate surface area is 199 Å². The molecule has 0 aliphatic carbocycles. The second kappa shape index (κ2) is 26.6. The molecule has 0 spiro atoms. The van der Waals surface area contributed by atoms with Crippen LogP contribution in [0.4, 0.5) is 0 Å². The zero-order valence-electron chi connectivity index (χ0n) is 21.5. The lowest BCUT2D eigenvalue weighted by atomic mass is 9.97. The Bertz CT molecular complexity index is 369. The first kappa shape index (κ1) is 33.5. The van der Waals surface area contributed by atoms with Gasteiger partial charge in [0.25, 0.3) is 0 Å². The van der Waals surface area contributed by atoms with Gasteiger partial charge >= 0.3 is 5.97 Å². The lowest BCUT2D eigenvalue weighted by Crippen LogP contribution is -2.37. The van der Waals surface area contributed by atoms with Crippen LogP contribution in [-0.4, -0.2) is 45.2 Å². The lowest BCUT2D eigenvalue weighted by molar-refractivity contribution is -0.137. The lowest BCUT2D eigenvalue weighted by Gasteiger charge is -2.22. The average Bonchev–Trinajstić information content (AvgIpc) is 2.79. The van der Waals surface area contributed by atoms with Gasteiger partial charge in [0, 0.05) is 6.42 Å². The van der Waals surface area contributed by atoms with Gasteiger partial charge in [0.2, 0.25) is 0 Å². The van der Waals surface area contributed by atoms with Gasteiger partial charge in [-0.15, -0.1) is 0 Å². The third-order valence-electron chi connectivity index (χ3n) is 6.08. The number of hydrogen-bond donors (Lipinski definition) is 4. The summed E-state index contributed by atoms with van der Waals surface area (Å²) in [5.74, 6) is -0.659. The van der Waals surface area contributed by atoms with Gasteiger partial charge in [0.05, 0.1) is 13.2 Å². The molecule has 0 bridgehead atoms. The van der Waals surface area contributed by atoms with Crippen molar-refractivity contribution in [3.05, 3.63) is 0 Å². The van der Waals surface area contributed by atoms with Crippen molar-refractivity contribution in [1.82, 2.24) is 0 Å². The largest absolute Gasteiger partial charge is 0.481 e. The number of unbranched alkanes of at least 4 members (excludes halogenated alkanes) is 17. The predicted molar refractivity (Wildman–Crippen MR) is 135 cm³/mol. The monoisotopic (exact) mass is 460 g/mol. The molecule has 0 aromatic carbocycles. The number of aliphatic hydroxyl groups is 3. The summed E-state index contributed by atoms with van der Waals surface area (Å²) in [6.45, 7) is 3.77. The van der Waals surface area contributed by atoms with Crippen LogP contribution >= 0.6 is 0 Å². The molecular weight excluding hydrogens is 404 g/mol. The smallest absolute Gasteiger partial charge is 0.303 e. The molecule has 0 fully saturated rings. The van der Waals surface area contributed by atoms with Crippen molar-refractivity contribution < 1.29 is 25.2 Å². The van der Waals surface area contributed by atoms with Gasteiger partial charge in [0.15, 0.2) is 0 Å². The van der Waals surface area contributed by atoms with E-state index in [1.165, 1.54) is 96.3 Å². The molecule has 0 aromatic rings. The van der Waals surface area contributed by atoms with E-state index in [2.05, 4.69) is 13.8 Å². The maximum atomic E-state index is 10.2. The molecule has 0 aliphatic rings. The summed E-state index contributed by atoms with van der Waals surface area (Å²) >= 11 is 0. The van der Waals surface area contributed by atoms with Crippen molar-refractivity contribution in [1.29, 1.82) is 0 Å². The topological polar surface area (TPSA) is 98.0 Å². The minimum atomic E-state index is -1.26. The van der Waals surface area contributed by atoms with E-state index < -0.39 is 11.6 Å². The van der Waals surface area contributed by atoms with Crippen LogP contribution in [0.3, 0.4) is 0 Å². The molecule has 0 aromatic heterocycles. The molecular formula is C27H56O5. The summed E-state index contributed by atoms with van der Waals surface area (Å²) in [5, 5.41) is 35.9. The maximum Gasteiger partial charge on any atom is 0.303 e. The highest BCUT2D eigenvalue weighted by atomic mass is 16.4. The van der Waals surface area contributed by atoms with Gasteiger partial charge in [0.1, 0.15) is 5.60 Å². The van der Waals surface area contributed by atoms with Crippen LogP contribution in [-0.2, 0) is 4.79 Å². The summed E-state index contributed by atoms with van der Waals surface area (Å²) < 4.78 is 0. The van der Waals surface area contributed by atoms with Crippen molar-refractivity contribution >= 4 is 5.97 Å². The van der Waals surface area contributed by atoms with Crippen LogP contribution < -0.4 is 0 Å². The Kier molecular flexibility index (Phi) is 27.9. The summed E-state index contributed by atoms with van der Waals surface area (Å²) in [5.41, 5.74) is -1.26. The molecule has 32 heavy (non-hydrogen) atoms. The number of aliphatic carboxylic acids is 1. The zero-order valence-corrected chi connectivity index (χ0v) is 21.5. The molecule has 0 saturated heterocycles. The molecule has 0 heterocycles. The standard InChI is InChI=1S/C15H32O3.C12H24O2/c1-2-3-4-5-6-7-8-9-10-11-12-15(18,13-16)14-17;1-2-3-4-5-6-7-8-9-10-11-12(13)14/h16-18H,2-14H2,1H3;2-11H2,1H3,(H,13,14). The van der Waals surface area contributed by atoms with E-state index in [0.29, 0.717) is 12.8 Å². The van der Waals surface area contributed by atoms with Crippen LogP contribution in [0.1, 0.15) is 149 Å². The van der Waals surface area contributed by atoms with Gasteiger partial charge in [-0.1, -0.05) is 129 Å². The highest BCUT2D eigenvalue weighted by Crippen LogP contribution is 2.16. The molecule has 0 saturated carbocycles. The second-order valence-electron chi connectivity index (χ2n) is 9.44. The average molecular weight is 461 g/mol. The molecule has 4 N–H and O–H groups in total. The maximum absolute atomic E-state index is 10.2. The number of rotatable bonds is 23. The third kappa shape index (κ3) is 27.4. The van der Waals surface area contributed by atoms with E-state index in [1.807, 2.05) is 0 Å². The van der Waals surface area contributed by atoms with E-state index in [9.17, 15) is 9.90 Å². The Morgan fingerprint density at radius 1 is 0.562 bits per heavy atom. The van der Waals surface area contributed by atoms with Crippen molar-refractivity contribution in [2.45, 2.75) is 154 Å². The van der Waals surface area contributed by atoms with Gasteiger partial charge in [-0.3, -0.25) is 4.79 Å². The van der Waals surface area contributed by atoms with Gasteiger partial charge < -0.3 is 20.4 Å². The SMILES string of the molecule is CCCCCCCCCCCC(=O)O.CCCCCCCCCCCCC(O)(CO)CO. The fraction of sp³-hybridized carbons (Fsp3) is 0.963. The first-order chi connectivity index (χ1) is 15.5. The van der Waals surface area contributed by atoms with Gasteiger partial charge in [-0.05, 0) is 12.8 Å². The quantitative estimate of drug-likeness (QED) is 0.123. The fourth-order valence-electron chi connectivity index (χ4n) is 3.74. The Hall–Kier alpha value is -0.650.